The molecule has 4 atom stereocenters. The quantitative estimate of drug-likeness (QED) is 0.431. The predicted octanol–water partition coefficient (Wildman–Crippen LogP) is -0.456. The maximum absolute atomic E-state index is 11.3. The van der Waals surface area contributed by atoms with Gasteiger partial charge in [0.15, 0.2) is 12.4 Å². The smallest absolute Gasteiger partial charge is 0.344 e. The van der Waals surface area contributed by atoms with E-state index in [9.17, 15) is 24.8 Å². The Kier molecular flexibility index (Phi) is 4.48. The Morgan fingerprint density at radius 2 is 2.26 bits per heavy atom. The monoisotopic (exact) mass is 330 g/mol. The largest absolute Gasteiger partial charge is 0.463 e. The van der Waals surface area contributed by atoms with Crippen molar-refractivity contribution >= 4 is 17.8 Å². The number of ether oxygens (including phenoxy) is 3. The van der Waals surface area contributed by atoms with Crippen molar-refractivity contribution in [1.82, 2.24) is 9.55 Å². The van der Waals surface area contributed by atoms with Crippen molar-refractivity contribution in [3.05, 3.63) is 22.6 Å². The second-order valence-corrected chi connectivity index (χ2v) is 4.70. The van der Waals surface area contributed by atoms with Gasteiger partial charge in [-0.1, -0.05) is 0 Å². The average Bonchev–Trinajstić information content (AvgIpc) is 3.05. The number of esters is 2. The Morgan fingerprint density at radius 3 is 2.83 bits per heavy atom. The molecular weight excluding hydrogens is 314 g/mol. The molecule has 0 bridgehead atoms. The molecule has 1 aromatic heterocycles. The molecule has 2 heterocycles. The molecule has 1 aliphatic rings. The van der Waals surface area contributed by atoms with E-state index in [1.807, 2.05) is 0 Å². The first-order valence-electron chi connectivity index (χ1n) is 7.00. The molecule has 1 aliphatic heterocycles. The molecule has 0 aliphatic carbocycles. The Labute approximate surface area is 131 Å². The Morgan fingerprint density at radius 1 is 1.57 bits per heavy atom. The van der Waals surface area contributed by atoms with Gasteiger partial charge in [-0.2, -0.15) is 4.57 Å². The number of aromatic nitrogens is 2. The van der Waals surface area contributed by atoms with Gasteiger partial charge in [0.1, 0.15) is 26.4 Å². The van der Waals surface area contributed by atoms with E-state index >= 15 is 0 Å². The van der Waals surface area contributed by atoms with Crippen molar-refractivity contribution in [3.63, 3.8) is 0 Å². The van der Waals surface area contributed by atoms with E-state index in [1.54, 1.807) is 0 Å². The first-order chi connectivity index (χ1) is 11.2. The summed E-state index contributed by atoms with van der Waals surface area (Å²) < 4.78 is 24.1. The molecule has 0 radical (unpaired) electrons. The van der Waals surface area contributed by atoms with Crippen LogP contribution in [0.1, 0.15) is 21.4 Å². The fourth-order valence-corrected chi connectivity index (χ4v) is 2.05. The lowest BCUT2D eigenvalue weighted by atomic mass is 10.1. The minimum atomic E-state index is -2.35. The summed E-state index contributed by atoms with van der Waals surface area (Å²) in [6.07, 6.45) is -4.89. The van der Waals surface area contributed by atoms with E-state index in [0.29, 0.717) is 0 Å². The van der Waals surface area contributed by atoms with E-state index < -0.39 is 53.8 Å². The molecule has 0 aromatic carbocycles. The zero-order valence-electron chi connectivity index (χ0n) is 13.2. The van der Waals surface area contributed by atoms with Gasteiger partial charge in [-0.15, -0.1) is 0 Å². The minimum absolute atomic E-state index is 0.419. The molecule has 0 unspecified atom stereocenters. The van der Waals surface area contributed by atoms with Gasteiger partial charge in [0.05, 0.1) is 0 Å². The van der Waals surface area contributed by atoms with Crippen LogP contribution < -0.4 is 0 Å². The number of hydrogen-bond acceptors (Lipinski definition) is 9. The van der Waals surface area contributed by atoms with Crippen LogP contribution >= 0.6 is 0 Å². The molecule has 126 valence electrons. The lowest BCUT2D eigenvalue weighted by molar-refractivity contribution is -0.394. The molecule has 23 heavy (non-hydrogen) atoms. The SMILES string of the molecule is [2H][C@@]1(n2cncc2[N+](=O)[O-])O[C@H](COC(C)=O)[C@@H](O)[C@H]1OC(C)=O. The van der Waals surface area contributed by atoms with Crippen LogP contribution in [0.15, 0.2) is 12.5 Å². The summed E-state index contributed by atoms with van der Waals surface area (Å²) in [6.45, 7) is 1.77. The van der Waals surface area contributed by atoms with Crippen LogP contribution in [0.5, 0.6) is 0 Å². The molecule has 2 rings (SSSR count). The number of hydrogen-bond donors (Lipinski definition) is 1. The second-order valence-electron chi connectivity index (χ2n) is 4.70. The Hall–Kier alpha value is -2.53. The van der Waals surface area contributed by atoms with Crippen molar-refractivity contribution in [3.8, 4) is 0 Å². The summed E-state index contributed by atoms with van der Waals surface area (Å²) in [5.74, 6) is -2.07. The van der Waals surface area contributed by atoms with Crippen LogP contribution in [0.3, 0.4) is 0 Å². The van der Waals surface area contributed by atoms with Gasteiger partial charge in [0.2, 0.25) is 6.20 Å². The van der Waals surface area contributed by atoms with Gasteiger partial charge < -0.3 is 29.4 Å². The van der Waals surface area contributed by atoms with Crippen molar-refractivity contribution in [2.45, 2.75) is 38.4 Å². The zero-order valence-corrected chi connectivity index (χ0v) is 12.2. The highest BCUT2D eigenvalue weighted by molar-refractivity contribution is 5.66. The second kappa shape index (κ2) is 6.71. The van der Waals surface area contributed by atoms with Gasteiger partial charge in [0, 0.05) is 13.8 Å². The first kappa shape index (κ1) is 15.4. The molecule has 1 N–H and O–H groups in total. The molecule has 11 nitrogen and oxygen atoms in total. The summed E-state index contributed by atoms with van der Waals surface area (Å²) >= 11 is 0. The van der Waals surface area contributed by atoms with Crippen LogP contribution in [0.2, 0.25) is 0 Å². The normalized spacial score (nSPS) is 30.6. The fraction of sp³-hybridized carbons (Fsp3) is 0.583. The van der Waals surface area contributed by atoms with Gasteiger partial charge in [-0.3, -0.25) is 9.59 Å². The van der Waals surface area contributed by atoms with Crippen LogP contribution in [-0.2, 0) is 23.8 Å². The maximum atomic E-state index is 11.3. The molecule has 11 heteroatoms. The lowest BCUT2D eigenvalue weighted by Gasteiger charge is -2.18. The summed E-state index contributed by atoms with van der Waals surface area (Å²) in [4.78, 5) is 36.0. The predicted molar refractivity (Wildman–Crippen MR) is 71.0 cm³/mol. The Bertz CT molecular complexity index is 664. The van der Waals surface area contributed by atoms with Crippen molar-refractivity contribution < 1.29 is 35.2 Å². The topological polar surface area (TPSA) is 143 Å². The highest BCUT2D eigenvalue weighted by atomic mass is 16.6. The highest BCUT2D eigenvalue weighted by Crippen LogP contribution is 2.34. The minimum Gasteiger partial charge on any atom is -0.463 e. The van der Waals surface area contributed by atoms with Gasteiger partial charge in [-0.25, -0.2) is 4.98 Å². The summed E-state index contributed by atoms with van der Waals surface area (Å²) in [5, 5.41) is 21.3. The highest BCUT2D eigenvalue weighted by Gasteiger charge is 2.51. The molecule has 0 spiro atoms. The Balaban J connectivity index is 2.39. The van der Waals surface area contributed by atoms with Crippen LogP contribution in [0.4, 0.5) is 5.82 Å². The zero-order chi connectivity index (χ0) is 18.1. The summed E-state index contributed by atoms with van der Waals surface area (Å²) in [6, 6.07) is 0. The molecule has 0 amide bonds. The van der Waals surface area contributed by atoms with E-state index in [2.05, 4.69) is 4.98 Å². The van der Waals surface area contributed by atoms with Crippen LogP contribution in [0, 0.1) is 10.1 Å². The van der Waals surface area contributed by atoms with Gasteiger partial charge in [-0.05, 0) is 4.92 Å². The fourth-order valence-electron chi connectivity index (χ4n) is 2.05. The van der Waals surface area contributed by atoms with E-state index in [1.165, 1.54) is 0 Å². The number of nitrogens with zero attached hydrogens (tertiary/aromatic N) is 3. The lowest BCUT2D eigenvalue weighted by Crippen LogP contribution is -2.37. The third-order valence-corrected chi connectivity index (χ3v) is 2.99. The summed E-state index contributed by atoms with van der Waals surface area (Å²) in [5.41, 5.74) is 0. The molecule has 1 aromatic rings. The van der Waals surface area contributed by atoms with Crippen molar-refractivity contribution in [1.29, 1.82) is 0 Å². The van der Waals surface area contributed by atoms with Crippen LogP contribution in [-0.4, -0.2) is 56.4 Å². The van der Waals surface area contributed by atoms with E-state index in [4.69, 9.17) is 15.6 Å². The number of carbonyl (C=O) groups is 2. The first-order valence-corrected chi connectivity index (χ1v) is 6.50. The van der Waals surface area contributed by atoms with Crippen molar-refractivity contribution in [2.75, 3.05) is 6.61 Å². The number of aliphatic hydroxyl groups is 1. The molecule has 0 saturated carbocycles. The number of rotatable bonds is 5. The third kappa shape index (κ3) is 3.63. The molecular formula is C12H15N3O8. The van der Waals surface area contributed by atoms with Gasteiger partial charge in [0.25, 0.3) is 0 Å². The number of aliphatic hydroxyl groups excluding tert-OH is 1. The number of nitro groups is 1. The third-order valence-electron chi connectivity index (χ3n) is 2.99. The van der Waals surface area contributed by atoms with Crippen molar-refractivity contribution in [2.24, 2.45) is 0 Å². The van der Waals surface area contributed by atoms with Gasteiger partial charge >= 0.3 is 17.8 Å². The molecule has 1 saturated heterocycles. The van der Waals surface area contributed by atoms with E-state index in [-0.39, 0.29) is 0 Å². The number of carbonyl (C=O) groups excluding carboxylic acids is 2. The number of imidazole rings is 1. The van der Waals surface area contributed by atoms with Crippen LogP contribution in [0.25, 0.3) is 0 Å². The maximum Gasteiger partial charge on any atom is 0.344 e. The molecule has 1 fully saturated rings. The summed E-state index contributed by atoms with van der Waals surface area (Å²) in [7, 11) is 0. The van der Waals surface area contributed by atoms with E-state index in [0.717, 1.165) is 30.9 Å². The average molecular weight is 330 g/mol. The standard InChI is InChI=1S/C12H15N3O8/c1-6(16)21-4-8-10(18)11(22-7(2)17)12(23-8)14-5-13-3-9(14)15(19)20/h3,5,8,10-12,18H,4H2,1-2H3/t8-,10-,11-,12-/m1/s1/i12D.